The maximum Gasteiger partial charge on any atom is 0.308 e. The predicted molar refractivity (Wildman–Crippen MR) is 94.2 cm³/mol. The molecule has 2 aliphatic rings. The molecule has 0 saturated heterocycles. The Hall–Kier alpha value is -1.72. The van der Waals surface area contributed by atoms with E-state index in [1.54, 1.807) is 7.11 Å². The Bertz CT molecular complexity index is 735. The van der Waals surface area contributed by atoms with Crippen LogP contribution < -0.4 is 0 Å². The average Bonchev–Trinajstić information content (AvgIpc) is 2.92. The molecule has 0 N–H and O–H groups in total. The quantitative estimate of drug-likeness (QED) is 0.577. The predicted octanol–water partition coefficient (Wildman–Crippen LogP) is 4.01. The van der Waals surface area contributed by atoms with E-state index in [9.17, 15) is 9.59 Å². The van der Waals surface area contributed by atoms with E-state index in [0.29, 0.717) is 16.7 Å². The van der Waals surface area contributed by atoms with Crippen LogP contribution >= 0.6 is 15.9 Å². The zero-order valence-corrected chi connectivity index (χ0v) is 15.3. The van der Waals surface area contributed by atoms with Gasteiger partial charge in [0.05, 0.1) is 10.1 Å². The minimum Gasteiger partial charge on any atom is -0.426 e. The molecule has 126 valence electrons. The average molecular weight is 391 g/mol. The molecule has 0 amide bonds. The molecule has 1 aromatic carbocycles. The summed E-state index contributed by atoms with van der Waals surface area (Å²) in [5, 5.41) is 0. The molecule has 0 unspecified atom stereocenters. The number of fused-ring (bicyclic) bond motifs is 1. The molecule has 5 heteroatoms. The van der Waals surface area contributed by atoms with Crippen molar-refractivity contribution < 1.29 is 19.1 Å². The van der Waals surface area contributed by atoms with E-state index in [0.717, 1.165) is 24.0 Å². The molecule has 1 saturated carbocycles. The number of hydrogen-bond donors (Lipinski definition) is 0. The monoisotopic (exact) mass is 390 g/mol. The van der Waals surface area contributed by atoms with Crippen LogP contribution in [0.2, 0.25) is 0 Å². The van der Waals surface area contributed by atoms with E-state index >= 15 is 0 Å². The highest BCUT2D eigenvalue weighted by Gasteiger charge is 2.50. The summed E-state index contributed by atoms with van der Waals surface area (Å²) in [5.41, 5.74) is 1.29. The Kier molecular flexibility index (Phi) is 4.74. The summed E-state index contributed by atoms with van der Waals surface area (Å²) in [6.45, 7) is 1.39. The Morgan fingerprint density at radius 3 is 2.62 bits per heavy atom. The van der Waals surface area contributed by atoms with E-state index in [1.165, 1.54) is 6.92 Å². The van der Waals surface area contributed by atoms with Gasteiger partial charge in [-0.15, -0.1) is 0 Å². The Labute approximate surface area is 149 Å². The van der Waals surface area contributed by atoms with Gasteiger partial charge in [0, 0.05) is 31.9 Å². The van der Waals surface area contributed by atoms with Gasteiger partial charge in [-0.05, 0) is 40.4 Å². The number of carbonyl (C=O) groups excluding carboxylic acids is 2. The van der Waals surface area contributed by atoms with Crippen molar-refractivity contribution >= 4 is 33.4 Å². The summed E-state index contributed by atoms with van der Waals surface area (Å²) >= 11 is 3.34. The molecule has 1 fully saturated rings. The smallest absolute Gasteiger partial charge is 0.308 e. The maximum atomic E-state index is 12.2. The number of ether oxygens (including phenoxy) is 2. The van der Waals surface area contributed by atoms with Crippen molar-refractivity contribution in [3.63, 3.8) is 0 Å². The van der Waals surface area contributed by atoms with Gasteiger partial charge >= 0.3 is 5.97 Å². The van der Waals surface area contributed by atoms with Gasteiger partial charge in [-0.2, -0.15) is 0 Å². The van der Waals surface area contributed by atoms with Gasteiger partial charge in [-0.3, -0.25) is 9.59 Å². The Balaban J connectivity index is 2.13. The zero-order valence-electron chi connectivity index (χ0n) is 13.7. The maximum absolute atomic E-state index is 12.2. The summed E-state index contributed by atoms with van der Waals surface area (Å²) in [6, 6.07) is 9.54. The van der Waals surface area contributed by atoms with E-state index in [-0.39, 0.29) is 17.7 Å². The Morgan fingerprint density at radius 2 is 2.00 bits per heavy atom. The number of halogens is 1. The van der Waals surface area contributed by atoms with Crippen molar-refractivity contribution in [2.45, 2.75) is 31.8 Å². The molecule has 1 aromatic rings. The standard InChI is InChI=1S/C19H19BrO4/c1-12(21)24-18(13-6-4-3-5-7-13)14-8-9-19(23-2)11-16(20)17(22)10-15(14)19/h3-7,11,15H,8-10H2,1-2H3/b18-14+/t15-,19+/m0/s1. The first kappa shape index (κ1) is 17.1. The van der Waals surface area contributed by atoms with Gasteiger partial charge in [0.25, 0.3) is 0 Å². The molecule has 0 bridgehead atoms. The normalized spacial score (nSPS) is 28.2. The molecule has 0 aromatic heterocycles. The van der Waals surface area contributed by atoms with Gasteiger partial charge in [0.15, 0.2) is 5.78 Å². The van der Waals surface area contributed by atoms with Crippen LogP contribution in [-0.2, 0) is 19.1 Å². The first-order valence-corrected chi connectivity index (χ1v) is 8.70. The highest BCUT2D eigenvalue weighted by atomic mass is 79.9. The van der Waals surface area contributed by atoms with E-state index < -0.39 is 5.60 Å². The van der Waals surface area contributed by atoms with Gasteiger partial charge in [-0.25, -0.2) is 0 Å². The lowest BCUT2D eigenvalue weighted by atomic mass is 9.79. The minimum atomic E-state index is -0.526. The fraction of sp³-hybridized carbons (Fsp3) is 0.368. The number of esters is 1. The van der Waals surface area contributed by atoms with Gasteiger partial charge in [0.1, 0.15) is 5.76 Å². The SMILES string of the molecule is CO[C@]12C=C(Br)C(=O)C[C@H]1/C(=C(/OC(C)=O)c1ccccc1)CC2. The van der Waals surface area contributed by atoms with Crippen molar-refractivity contribution in [1.82, 2.24) is 0 Å². The van der Waals surface area contributed by atoms with E-state index in [2.05, 4.69) is 15.9 Å². The fourth-order valence-corrected chi connectivity index (χ4v) is 4.19. The number of allylic oxidation sites excluding steroid dienone is 1. The number of Topliss-reactive ketones (excluding diaryl/α,β-unsaturated/α-hetero) is 1. The van der Waals surface area contributed by atoms with Gasteiger partial charge in [-0.1, -0.05) is 30.3 Å². The molecular weight excluding hydrogens is 372 g/mol. The van der Waals surface area contributed by atoms with Crippen LogP contribution in [0.15, 0.2) is 46.5 Å². The molecule has 2 atom stereocenters. The first-order chi connectivity index (χ1) is 11.5. The van der Waals surface area contributed by atoms with Crippen LogP contribution in [0.25, 0.3) is 5.76 Å². The van der Waals surface area contributed by atoms with Crippen molar-refractivity contribution in [3.8, 4) is 0 Å². The first-order valence-electron chi connectivity index (χ1n) is 7.90. The third-order valence-corrected chi connectivity index (χ3v) is 5.45. The molecule has 0 radical (unpaired) electrons. The molecule has 0 aliphatic heterocycles. The molecule has 2 aliphatic carbocycles. The number of rotatable bonds is 3. The molecular formula is C19H19BrO4. The van der Waals surface area contributed by atoms with Crippen molar-refractivity contribution in [3.05, 3.63) is 52.0 Å². The van der Waals surface area contributed by atoms with Gasteiger partial charge < -0.3 is 9.47 Å². The summed E-state index contributed by atoms with van der Waals surface area (Å²) in [7, 11) is 1.66. The summed E-state index contributed by atoms with van der Waals surface area (Å²) < 4.78 is 11.9. The van der Waals surface area contributed by atoms with Crippen LogP contribution in [0.4, 0.5) is 0 Å². The van der Waals surface area contributed by atoms with Crippen LogP contribution in [-0.4, -0.2) is 24.5 Å². The van der Waals surface area contributed by atoms with Crippen LogP contribution in [0, 0.1) is 5.92 Å². The number of hydrogen-bond acceptors (Lipinski definition) is 4. The topological polar surface area (TPSA) is 52.6 Å². The molecule has 0 spiro atoms. The number of carbonyl (C=O) groups is 2. The van der Waals surface area contributed by atoms with Crippen LogP contribution in [0.5, 0.6) is 0 Å². The molecule has 0 heterocycles. The number of methoxy groups -OCH3 is 1. The Morgan fingerprint density at radius 1 is 1.29 bits per heavy atom. The lowest BCUT2D eigenvalue weighted by molar-refractivity contribution is -0.134. The summed E-state index contributed by atoms with van der Waals surface area (Å²) in [5.74, 6) is 0.120. The van der Waals surface area contributed by atoms with Crippen molar-refractivity contribution in [2.75, 3.05) is 7.11 Å². The van der Waals surface area contributed by atoms with Crippen LogP contribution in [0.1, 0.15) is 31.7 Å². The summed E-state index contributed by atoms with van der Waals surface area (Å²) in [4.78, 5) is 23.9. The van der Waals surface area contributed by atoms with Crippen LogP contribution in [0.3, 0.4) is 0 Å². The second kappa shape index (κ2) is 6.65. The van der Waals surface area contributed by atoms with Crippen molar-refractivity contribution in [1.29, 1.82) is 0 Å². The molecule has 24 heavy (non-hydrogen) atoms. The van der Waals surface area contributed by atoms with E-state index in [4.69, 9.17) is 9.47 Å². The number of ketones is 1. The van der Waals surface area contributed by atoms with Gasteiger partial charge in [0.2, 0.25) is 0 Å². The third-order valence-electron chi connectivity index (χ3n) is 4.78. The highest BCUT2D eigenvalue weighted by molar-refractivity contribution is 9.12. The second-order valence-electron chi connectivity index (χ2n) is 6.15. The largest absolute Gasteiger partial charge is 0.426 e. The molecule has 4 nitrogen and oxygen atoms in total. The highest BCUT2D eigenvalue weighted by Crippen LogP contribution is 2.51. The third kappa shape index (κ3) is 2.98. The van der Waals surface area contributed by atoms with E-state index in [1.807, 2.05) is 36.4 Å². The lowest BCUT2D eigenvalue weighted by Gasteiger charge is -2.35. The minimum absolute atomic E-state index is 0.0438. The van der Waals surface area contributed by atoms with Crippen molar-refractivity contribution in [2.24, 2.45) is 5.92 Å². The lowest BCUT2D eigenvalue weighted by Crippen LogP contribution is -2.39. The molecule has 3 rings (SSSR count). The zero-order chi connectivity index (χ0) is 17.3. The second-order valence-corrected chi connectivity index (χ2v) is 7.00. The number of benzene rings is 1. The summed E-state index contributed by atoms with van der Waals surface area (Å²) in [6.07, 6.45) is 3.69. The fourth-order valence-electron chi connectivity index (χ4n) is 3.64.